The van der Waals surface area contributed by atoms with Crippen LogP contribution in [-0.4, -0.2) is 30.3 Å². The van der Waals surface area contributed by atoms with Gasteiger partial charge in [-0.3, -0.25) is 9.05 Å². The van der Waals surface area contributed by atoms with Crippen molar-refractivity contribution in [1.29, 1.82) is 0 Å². The molecular weight excluding hydrogens is 219 g/mol. The molecule has 0 aromatic rings. The Morgan fingerprint density at radius 2 is 2.27 bits per heavy atom. The Labute approximate surface area is 90.3 Å². The Morgan fingerprint density at radius 3 is 2.73 bits per heavy atom. The van der Waals surface area contributed by atoms with Gasteiger partial charge in [-0.05, 0) is 26.2 Å². The molecule has 1 aliphatic heterocycles. The van der Waals surface area contributed by atoms with Crippen LogP contribution in [0, 0.1) is 5.92 Å². The van der Waals surface area contributed by atoms with Crippen molar-refractivity contribution < 1.29 is 23.2 Å². The Balaban J connectivity index is 2.32. The van der Waals surface area contributed by atoms with Gasteiger partial charge >= 0.3 is 7.82 Å². The van der Waals surface area contributed by atoms with Crippen LogP contribution in [0.4, 0.5) is 0 Å². The van der Waals surface area contributed by atoms with Gasteiger partial charge in [0.05, 0.1) is 18.8 Å². The predicted molar refractivity (Wildman–Crippen MR) is 55.5 cm³/mol. The first-order valence-corrected chi connectivity index (χ1v) is 6.67. The Bertz CT molecular complexity index is 243. The lowest BCUT2D eigenvalue weighted by molar-refractivity contribution is 0.0301. The molecule has 3 atom stereocenters. The highest BCUT2D eigenvalue weighted by molar-refractivity contribution is 7.47. The molecule has 15 heavy (non-hydrogen) atoms. The van der Waals surface area contributed by atoms with Crippen LogP contribution in [0.15, 0.2) is 0 Å². The zero-order valence-electron chi connectivity index (χ0n) is 9.38. The second kappa shape index (κ2) is 5.41. The molecule has 0 aromatic carbocycles. The van der Waals surface area contributed by atoms with Crippen LogP contribution in [-0.2, 0) is 18.3 Å². The van der Waals surface area contributed by atoms with E-state index in [0.29, 0.717) is 12.5 Å². The van der Waals surface area contributed by atoms with Gasteiger partial charge in [0.15, 0.2) is 0 Å². The normalized spacial score (nSPS) is 30.7. The summed E-state index contributed by atoms with van der Waals surface area (Å²) in [6, 6.07) is 0. The van der Waals surface area contributed by atoms with Gasteiger partial charge in [-0.15, -0.1) is 0 Å². The highest BCUT2D eigenvalue weighted by Gasteiger charge is 2.29. The molecule has 0 radical (unpaired) electrons. The monoisotopic (exact) mass is 238 g/mol. The maximum Gasteiger partial charge on any atom is 0.472 e. The molecule has 0 saturated carbocycles. The molecule has 5 nitrogen and oxygen atoms in total. The van der Waals surface area contributed by atoms with E-state index in [-0.39, 0.29) is 18.8 Å². The Hall–Kier alpha value is 0.0700. The van der Waals surface area contributed by atoms with E-state index in [9.17, 15) is 9.46 Å². The fourth-order valence-corrected chi connectivity index (χ4v) is 2.36. The summed E-state index contributed by atoms with van der Waals surface area (Å²) in [7, 11) is -3.91. The van der Waals surface area contributed by atoms with Gasteiger partial charge < -0.3 is 9.63 Å². The lowest BCUT2D eigenvalue weighted by Gasteiger charge is -2.18. The number of phosphoric acid groups is 1. The smallest absolute Gasteiger partial charge is 0.376 e. The summed E-state index contributed by atoms with van der Waals surface area (Å²) in [5.74, 6) is 0.365. The molecule has 0 bridgehead atoms. The molecule has 90 valence electrons. The van der Waals surface area contributed by atoms with Crippen molar-refractivity contribution in [3.63, 3.8) is 0 Å². The van der Waals surface area contributed by atoms with E-state index in [0.717, 1.165) is 6.42 Å². The summed E-state index contributed by atoms with van der Waals surface area (Å²) < 4.78 is 26.3. The first-order chi connectivity index (χ1) is 6.91. The van der Waals surface area contributed by atoms with E-state index >= 15 is 0 Å². The van der Waals surface area contributed by atoms with Crippen LogP contribution in [0.5, 0.6) is 0 Å². The lowest BCUT2D eigenvalue weighted by Crippen LogP contribution is -2.20. The standard InChI is InChI=1S/C9H19O5P/c1-7(2)14-15(10,11)13-6-9-8(3)4-5-12-9/h7-9H,4-6H2,1-3H3,(H,10,11). The molecular formula is C9H19O5P. The van der Waals surface area contributed by atoms with Crippen molar-refractivity contribution in [2.24, 2.45) is 5.92 Å². The number of ether oxygens (including phenoxy) is 1. The largest absolute Gasteiger partial charge is 0.472 e. The average Bonchev–Trinajstić information content (AvgIpc) is 2.45. The van der Waals surface area contributed by atoms with Crippen LogP contribution in [0.3, 0.4) is 0 Å². The topological polar surface area (TPSA) is 65.0 Å². The zero-order chi connectivity index (χ0) is 11.5. The third-order valence-corrected chi connectivity index (χ3v) is 3.45. The van der Waals surface area contributed by atoms with Gasteiger partial charge in [0.2, 0.25) is 0 Å². The van der Waals surface area contributed by atoms with Crippen LogP contribution < -0.4 is 0 Å². The molecule has 1 fully saturated rings. The first kappa shape index (κ1) is 13.1. The highest BCUT2D eigenvalue weighted by Crippen LogP contribution is 2.45. The second-order valence-corrected chi connectivity index (χ2v) is 5.50. The zero-order valence-corrected chi connectivity index (χ0v) is 10.3. The minimum absolute atomic E-state index is 0.0961. The van der Waals surface area contributed by atoms with Gasteiger partial charge in [-0.1, -0.05) is 6.92 Å². The quantitative estimate of drug-likeness (QED) is 0.741. The summed E-state index contributed by atoms with van der Waals surface area (Å²) in [4.78, 5) is 9.29. The SMILES string of the molecule is CC(C)OP(=O)(O)OCC1OCCC1C. The summed E-state index contributed by atoms with van der Waals surface area (Å²) in [5.41, 5.74) is 0. The molecule has 1 rings (SSSR count). The molecule has 0 spiro atoms. The maximum atomic E-state index is 11.3. The maximum absolute atomic E-state index is 11.3. The molecule has 3 unspecified atom stereocenters. The molecule has 1 heterocycles. The van der Waals surface area contributed by atoms with E-state index in [1.54, 1.807) is 13.8 Å². The molecule has 6 heteroatoms. The van der Waals surface area contributed by atoms with Crippen LogP contribution in [0.25, 0.3) is 0 Å². The summed E-state index contributed by atoms with van der Waals surface area (Å²) in [6.07, 6.45) is 0.540. The van der Waals surface area contributed by atoms with Gasteiger partial charge in [-0.2, -0.15) is 0 Å². The fraction of sp³-hybridized carbons (Fsp3) is 1.00. The lowest BCUT2D eigenvalue weighted by atomic mass is 10.1. The Morgan fingerprint density at radius 1 is 1.60 bits per heavy atom. The summed E-state index contributed by atoms with van der Waals surface area (Å²) >= 11 is 0. The summed E-state index contributed by atoms with van der Waals surface area (Å²) in [6.45, 7) is 6.20. The Kier molecular flexibility index (Phi) is 4.74. The number of rotatable bonds is 5. The third kappa shape index (κ3) is 4.62. The van der Waals surface area contributed by atoms with E-state index < -0.39 is 7.82 Å². The first-order valence-electron chi connectivity index (χ1n) is 5.18. The van der Waals surface area contributed by atoms with Gasteiger partial charge in [0.1, 0.15) is 0 Å². The molecule has 0 aromatic heterocycles. The van der Waals surface area contributed by atoms with Crippen molar-refractivity contribution in [2.75, 3.05) is 13.2 Å². The van der Waals surface area contributed by atoms with Crippen LogP contribution in [0.2, 0.25) is 0 Å². The number of phosphoric ester groups is 1. The van der Waals surface area contributed by atoms with E-state index in [2.05, 4.69) is 0 Å². The minimum atomic E-state index is -3.91. The summed E-state index contributed by atoms with van der Waals surface area (Å²) in [5, 5.41) is 0. The van der Waals surface area contributed by atoms with E-state index in [1.165, 1.54) is 0 Å². The predicted octanol–water partition coefficient (Wildman–Crippen LogP) is 1.95. The van der Waals surface area contributed by atoms with Gasteiger partial charge in [0.25, 0.3) is 0 Å². The third-order valence-electron chi connectivity index (χ3n) is 2.29. The van der Waals surface area contributed by atoms with Gasteiger partial charge in [-0.25, -0.2) is 4.57 Å². The van der Waals surface area contributed by atoms with Gasteiger partial charge in [0, 0.05) is 6.61 Å². The van der Waals surface area contributed by atoms with Crippen molar-refractivity contribution in [3.05, 3.63) is 0 Å². The van der Waals surface area contributed by atoms with Crippen molar-refractivity contribution in [1.82, 2.24) is 0 Å². The number of hydrogen-bond donors (Lipinski definition) is 1. The molecule has 1 saturated heterocycles. The fourth-order valence-electron chi connectivity index (χ4n) is 1.43. The molecule has 1 N–H and O–H groups in total. The minimum Gasteiger partial charge on any atom is -0.376 e. The van der Waals surface area contributed by atoms with Crippen molar-refractivity contribution >= 4 is 7.82 Å². The van der Waals surface area contributed by atoms with E-state index in [1.807, 2.05) is 6.92 Å². The van der Waals surface area contributed by atoms with Crippen molar-refractivity contribution in [3.8, 4) is 0 Å². The van der Waals surface area contributed by atoms with E-state index in [4.69, 9.17) is 13.8 Å². The van der Waals surface area contributed by atoms with Crippen LogP contribution >= 0.6 is 7.82 Å². The number of hydrogen-bond acceptors (Lipinski definition) is 4. The molecule has 0 aliphatic carbocycles. The highest BCUT2D eigenvalue weighted by atomic mass is 31.2. The average molecular weight is 238 g/mol. The molecule has 0 amide bonds. The second-order valence-electron chi connectivity index (χ2n) is 4.09. The molecule has 1 aliphatic rings. The van der Waals surface area contributed by atoms with Crippen molar-refractivity contribution in [2.45, 2.75) is 39.4 Å². The van der Waals surface area contributed by atoms with Crippen LogP contribution in [0.1, 0.15) is 27.2 Å².